The lowest BCUT2D eigenvalue weighted by molar-refractivity contribution is -0.142. The standard InChI is InChI=1S/C17H25NO5/c1-12-6-5-7-15(14(12)3)23-11-16(20)18(10-13(2)19)9-8-17(21)22-4/h5-7,13,19H,8-11H2,1-4H3. The molecule has 0 aliphatic heterocycles. The van der Waals surface area contributed by atoms with Crippen molar-refractivity contribution in [1.82, 2.24) is 4.90 Å². The van der Waals surface area contributed by atoms with Crippen molar-refractivity contribution >= 4 is 11.9 Å². The van der Waals surface area contributed by atoms with Gasteiger partial charge < -0.3 is 19.5 Å². The largest absolute Gasteiger partial charge is 0.483 e. The topological polar surface area (TPSA) is 76.1 Å². The van der Waals surface area contributed by atoms with Crippen LogP contribution < -0.4 is 4.74 Å². The number of nitrogens with zero attached hydrogens (tertiary/aromatic N) is 1. The van der Waals surface area contributed by atoms with E-state index in [1.165, 1.54) is 12.0 Å². The van der Waals surface area contributed by atoms with Crippen LogP contribution in [0.2, 0.25) is 0 Å². The zero-order valence-corrected chi connectivity index (χ0v) is 14.2. The van der Waals surface area contributed by atoms with Crippen LogP contribution in [0.4, 0.5) is 0 Å². The van der Waals surface area contributed by atoms with E-state index < -0.39 is 12.1 Å². The number of hydrogen-bond donors (Lipinski definition) is 1. The van der Waals surface area contributed by atoms with Gasteiger partial charge >= 0.3 is 5.97 Å². The van der Waals surface area contributed by atoms with Gasteiger partial charge in [-0.1, -0.05) is 12.1 Å². The molecule has 1 aromatic rings. The number of esters is 1. The number of carbonyl (C=O) groups is 2. The second kappa shape index (κ2) is 9.15. The Labute approximate surface area is 137 Å². The zero-order chi connectivity index (χ0) is 17.4. The van der Waals surface area contributed by atoms with Crippen LogP contribution in [0, 0.1) is 13.8 Å². The third-order valence-electron chi connectivity index (χ3n) is 3.56. The molecule has 0 aliphatic rings. The number of rotatable bonds is 8. The summed E-state index contributed by atoms with van der Waals surface area (Å²) >= 11 is 0. The summed E-state index contributed by atoms with van der Waals surface area (Å²) in [7, 11) is 1.30. The molecule has 0 saturated carbocycles. The molecule has 0 saturated heterocycles. The third-order valence-corrected chi connectivity index (χ3v) is 3.56. The van der Waals surface area contributed by atoms with E-state index in [4.69, 9.17) is 4.74 Å². The maximum atomic E-state index is 12.3. The molecule has 6 heteroatoms. The highest BCUT2D eigenvalue weighted by molar-refractivity contribution is 5.78. The van der Waals surface area contributed by atoms with Gasteiger partial charge in [0.2, 0.25) is 0 Å². The summed E-state index contributed by atoms with van der Waals surface area (Å²) in [6.45, 7) is 5.68. The summed E-state index contributed by atoms with van der Waals surface area (Å²) in [5.74, 6) is -0.0251. The van der Waals surface area contributed by atoms with Gasteiger partial charge in [0.15, 0.2) is 6.61 Å². The first-order valence-electron chi connectivity index (χ1n) is 7.56. The molecule has 0 fully saturated rings. The molecule has 128 valence electrons. The minimum atomic E-state index is -0.683. The molecule has 0 aromatic heterocycles. The lowest BCUT2D eigenvalue weighted by Gasteiger charge is -2.24. The number of aliphatic hydroxyl groups excluding tert-OH is 1. The van der Waals surface area contributed by atoms with Crippen molar-refractivity contribution in [2.45, 2.75) is 33.3 Å². The average molecular weight is 323 g/mol. The molecule has 0 aliphatic carbocycles. The normalized spacial score (nSPS) is 11.7. The van der Waals surface area contributed by atoms with Gasteiger partial charge in [-0.3, -0.25) is 9.59 Å². The SMILES string of the molecule is COC(=O)CCN(CC(C)O)C(=O)COc1cccc(C)c1C. The summed E-state index contributed by atoms with van der Waals surface area (Å²) < 4.78 is 10.2. The summed E-state index contributed by atoms with van der Waals surface area (Å²) in [6.07, 6.45) is -0.601. The number of hydrogen-bond acceptors (Lipinski definition) is 5. The van der Waals surface area contributed by atoms with Gasteiger partial charge in [0.1, 0.15) is 5.75 Å². The highest BCUT2D eigenvalue weighted by atomic mass is 16.5. The van der Waals surface area contributed by atoms with Gasteiger partial charge in [-0.25, -0.2) is 0 Å². The van der Waals surface area contributed by atoms with E-state index in [0.29, 0.717) is 5.75 Å². The molecular formula is C17H25NO5. The minimum absolute atomic E-state index is 0.0818. The molecule has 6 nitrogen and oxygen atoms in total. The van der Waals surface area contributed by atoms with E-state index in [-0.39, 0.29) is 32.0 Å². The lowest BCUT2D eigenvalue weighted by Crippen LogP contribution is -2.40. The Morgan fingerprint density at radius 1 is 1.30 bits per heavy atom. The second-order valence-corrected chi connectivity index (χ2v) is 5.50. The fourth-order valence-corrected chi connectivity index (χ4v) is 2.08. The van der Waals surface area contributed by atoms with Gasteiger partial charge in [-0.2, -0.15) is 0 Å². The van der Waals surface area contributed by atoms with Crippen molar-refractivity contribution < 1.29 is 24.2 Å². The van der Waals surface area contributed by atoms with Crippen LogP contribution in [0.15, 0.2) is 18.2 Å². The molecule has 23 heavy (non-hydrogen) atoms. The number of benzene rings is 1. The van der Waals surface area contributed by atoms with E-state index in [9.17, 15) is 14.7 Å². The number of methoxy groups -OCH3 is 1. The number of aliphatic hydroxyl groups is 1. The van der Waals surface area contributed by atoms with Crippen LogP contribution >= 0.6 is 0 Å². The van der Waals surface area contributed by atoms with Crippen LogP contribution in [-0.2, 0) is 14.3 Å². The fraction of sp³-hybridized carbons (Fsp3) is 0.529. The molecule has 1 N–H and O–H groups in total. The van der Waals surface area contributed by atoms with E-state index >= 15 is 0 Å². The van der Waals surface area contributed by atoms with Crippen molar-refractivity contribution in [3.8, 4) is 5.75 Å². The van der Waals surface area contributed by atoms with Crippen molar-refractivity contribution in [3.05, 3.63) is 29.3 Å². The van der Waals surface area contributed by atoms with Crippen LogP contribution in [0.5, 0.6) is 5.75 Å². The quantitative estimate of drug-likeness (QED) is 0.733. The molecule has 0 spiro atoms. The van der Waals surface area contributed by atoms with Crippen molar-refractivity contribution in [2.24, 2.45) is 0 Å². The highest BCUT2D eigenvalue weighted by Gasteiger charge is 2.18. The van der Waals surface area contributed by atoms with Crippen molar-refractivity contribution in [3.63, 3.8) is 0 Å². The molecule has 1 rings (SSSR count). The van der Waals surface area contributed by atoms with Crippen molar-refractivity contribution in [1.29, 1.82) is 0 Å². The predicted octanol–water partition coefficient (Wildman–Crippen LogP) is 1.45. The Kier molecular flexibility index (Phi) is 7.54. The minimum Gasteiger partial charge on any atom is -0.483 e. The molecule has 0 radical (unpaired) electrons. The Hall–Kier alpha value is -2.08. The smallest absolute Gasteiger partial charge is 0.307 e. The average Bonchev–Trinajstić information content (AvgIpc) is 2.51. The molecule has 1 amide bonds. The van der Waals surface area contributed by atoms with Gasteiger partial charge in [0.05, 0.1) is 19.6 Å². The Morgan fingerprint density at radius 2 is 2.00 bits per heavy atom. The molecule has 0 heterocycles. The molecular weight excluding hydrogens is 298 g/mol. The second-order valence-electron chi connectivity index (χ2n) is 5.50. The monoisotopic (exact) mass is 323 g/mol. The lowest BCUT2D eigenvalue weighted by atomic mass is 10.1. The van der Waals surface area contributed by atoms with Crippen LogP contribution in [0.1, 0.15) is 24.5 Å². The van der Waals surface area contributed by atoms with Gasteiger partial charge in [-0.05, 0) is 38.0 Å². The summed E-state index contributed by atoms with van der Waals surface area (Å²) in [5.41, 5.74) is 2.07. The Bertz CT molecular complexity index is 542. The van der Waals surface area contributed by atoms with Crippen LogP contribution in [-0.4, -0.2) is 54.8 Å². The number of aryl methyl sites for hydroxylation is 1. The van der Waals surface area contributed by atoms with Gasteiger partial charge in [-0.15, -0.1) is 0 Å². The van der Waals surface area contributed by atoms with Crippen LogP contribution in [0.3, 0.4) is 0 Å². The molecule has 1 unspecified atom stereocenters. The van der Waals surface area contributed by atoms with Crippen molar-refractivity contribution in [2.75, 3.05) is 26.8 Å². The molecule has 1 aromatic carbocycles. The third kappa shape index (κ3) is 6.28. The zero-order valence-electron chi connectivity index (χ0n) is 14.2. The first-order valence-corrected chi connectivity index (χ1v) is 7.56. The van der Waals surface area contributed by atoms with Gasteiger partial charge in [0, 0.05) is 13.1 Å². The van der Waals surface area contributed by atoms with E-state index in [0.717, 1.165) is 11.1 Å². The first-order chi connectivity index (χ1) is 10.8. The maximum absolute atomic E-state index is 12.3. The maximum Gasteiger partial charge on any atom is 0.307 e. The van der Waals surface area contributed by atoms with E-state index in [2.05, 4.69) is 4.74 Å². The fourth-order valence-electron chi connectivity index (χ4n) is 2.08. The predicted molar refractivity (Wildman–Crippen MR) is 86.3 cm³/mol. The molecule has 0 bridgehead atoms. The van der Waals surface area contributed by atoms with Gasteiger partial charge in [0.25, 0.3) is 5.91 Å². The van der Waals surface area contributed by atoms with Crippen LogP contribution in [0.25, 0.3) is 0 Å². The number of amides is 1. The molecule has 1 atom stereocenters. The Balaban J connectivity index is 2.65. The summed E-state index contributed by atoms with van der Waals surface area (Å²) in [5, 5.41) is 9.51. The number of ether oxygens (including phenoxy) is 2. The highest BCUT2D eigenvalue weighted by Crippen LogP contribution is 2.20. The summed E-state index contributed by atoms with van der Waals surface area (Å²) in [6, 6.07) is 5.65. The number of carbonyl (C=O) groups excluding carboxylic acids is 2. The van der Waals surface area contributed by atoms with E-state index in [1.807, 2.05) is 32.0 Å². The summed E-state index contributed by atoms with van der Waals surface area (Å²) in [4.78, 5) is 24.9. The van der Waals surface area contributed by atoms with E-state index in [1.54, 1.807) is 6.92 Å². The first kappa shape index (κ1) is 19.0. The Morgan fingerprint density at radius 3 is 2.61 bits per heavy atom.